The predicted octanol–water partition coefficient (Wildman–Crippen LogP) is 1.62. The Morgan fingerprint density at radius 2 is 2.30 bits per heavy atom. The Kier molecular flexibility index (Phi) is 4.62. The van der Waals surface area contributed by atoms with Crippen LogP contribution in [0.4, 0.5) is 11.4 Å². The first-order chi connectivity index (χ1) is 9.49. The number of amides is 1. The summed E-state index contributed by atoms with van der Waals surface area (Å²) in [4.78, 5) is 14.4. The Balaban J connectivity index is 2.01. The van der Waals surface area contributed by atoms with Crippen LogP contribution in [0.1, 0.15) is 18.9 Å². The summed E-state index contributed by atoms with van der Waals surface area (Å²) < 4.78 is 5.37. The highest BCUT2D eigenvalue weighted by atomic mass is 16.5. The van der Waals surface area contributed by atoms with Crippen LogP contribution in [0.3, 0.4) is 0 Å². The zero-order valence-electron chi connectivity index (χ0n) is 12.3. The van der Waals surface area contributed by atoms with E-state index in [2.05, 4.69) is 10.2 Å². The molecule has 2 rings (SSSR count). The Hall–Kier alpha value is -1.59. The molecule has 0 saturated carbocycles. The summed E-state index contributed by atoms with van der Waals surface area (Å²) in [5.74, 6) is -0.0203. The number of carbonyl (C=O) groups is 1. The molecule has 20 heavy (non-hydrogen) atoms. The molecule has 0 radical (unpaired) electrons. The van der Waals surface area contributed by atoms with E-state index in [1.807, 2.05) is 33.0 Å². The summed E-state index contributed by atoms with van der Waals surface area (Å²) >= 11 is 0. The van der Waals surface area contributed by atoms with Crippen molar-refractivity contribution in [2.75, 3.05) is 31.3 Å². The lowest BCUT2D eigenvalue weighted by Crippen LogP contribution is -2.45. The van der Waals surface area contributed by atoms with Crippen LogP contribution < -0.4 is 11.1 Å². The van der Waals surface area contributed by atoms with E-state index in [4.69, 9.17) is 10.5 Å². The van der Waals surface area contributed by atoms with Gasteiger partial charge in [-0.15, -0.1) is 0 Å². The smallest absolute Gasteiger partial charge is 0.241 e. The van der Waals surface area contributed by atoms with Gasteiger partial charge in [-0.3, -0.25) is 9.69 Å². The van der Waals surface area contributed by atoms with Gasteiger partial charge in [-0.25, -0.2) is 0 Å². The number of benzene rings is 1. The maximum atomic E-state index is 12.3. The first-order valence-electron chi connectivity index (χ1n) is 6.95. The highest BCUT2D eigenvalue weighted by Crippen LogP contribution is 2.19. The van der Waals surface area contributed by atoms with Gasteiger partial charge in [0.1, 0.15) is 0 Å². The monoisotopic (exact) mass is 277 g/mol. The fourth-order valence-corrected chi connectivity index (χ4v) is 2.36. The highest BCUT2D eigenvalue weighted by Gasteiger charge is 2.27. The summed E-state index contributed by atoms with van der Waals surface area (Å²) in [6.07, 6.45) is 0.978. The number of nitrogens with zero attached hydrogens (tertiary/aromatic N) is 1. The molecule has 1 aliphatic heterocycles. The molecule has 2 unspecified atom stereocenters. The number of nitrogens with two attached hydrogens (primary N) is 1. The molecule has 1 amide bonds. The maximum absolute atomic E-state index is 12.3. The first kappa shape index (κ1) is 14.8. The second-order valence-corrected chi connectivity index (χ2v) is 5.42. The number of ether oxygens (including phenoxy) is 1. The zero-order chi connectivity index (χ0) is 14.7. The van der Waals surface area contributed by atoms with E-state index in [9.17, 15) is 4.79 Å². The molecule has 0 spiro atoms. The maximum Gasteiger partial charge on any atom is 0.241 e. The fraction of sp³-hybridized carbons (Fsp3) is 0.533. The molecule has 0 aromatic heterocycles. The third-order valence-corrected chi connectivity index (χ3v) is 3.99. The summed E-state index contributed by atoms with van der Waals surface area (Å²) in [5.41, 5.74) is 8.19. The molecule has 1 aromatic carbocycles. The van der Waals surface area contributed by atoms with Crippen molar-refractivity contribution in [1.29, 1.82) is 0 Å². The number of nitrogens with one attached hydrogen (secondary N) is 1. The van der Waals surface area contributed by atoms with E-state index in [-0.39, 0.29) is 11.9 Å². The van der Waals surface area contributed by atoms with Gasteiger partial charge in [0.15, 0.2) is 0 Å². The summed E-state index contributed by atoms with van der Waals surface area (Å²) in [7, 11) is 1.97. The van der Waals surface area contributed by atoms with Crippen LogP contribution in [0.25, 0.3) is 0 Å². The Bertz CT molecular complexity index is 484. The predicted molar refractivity (Wildman–Crippen MR) is 80.7 cm³/mol. The summed E-state index contributed by atoms with van der Waals surface area (Å²) in [6.45, 7) is 5.34. The van der Waals surface area contributed by atoms with Gasteiger partial charge in [0, 0.05) is 24.0 Å². The molecular formula is C15H23N3O2. The minimum Gasteiger partial charge on any atom is -0.399 e. The number of hydrogen-bond acceptors (Lipinski definition) is 4. The normalized spacial score (nSPS) is 20.1. The van der Waals surface area contributed by atoms with Crippen molar-refractivity contribution in [3.8, 4) is 0 Å². The average Bonchev–Trinajstić information content (AvgIpc) is 2.95. The molecule has 3 N–H and O–H groups in total. The van der Waals surface area contributed by atoms with Crippen LogP contribution in [0.15, 0.2) is 18.2 Å². The number of carbonyl (C=O) groups excluding carboxylic acids is 1. The van der Waals surface area contributed by atoms with Crippen molar-refractivity contribution < 1.29 is 9.53 Å². The lowest BCUT2D eigenvalue weighted by molar-refractivity contribution is -0.121. The molecule has 5 heteroatoms. The van der Waals surface area contributed by atoms with Gasteiger partial charge >= 0.3 is 0 Å². The molecule has 2 atom stereocenters. The lowest BCUT2D eigenvalue weighted by Gasteiger charge is -2.28. The quantitative estimate of drug-likeness (QED) is 0.821. The largest absolute Gasteiger partial charge is 0.399 e. The summed E-state index contributed by atoms with van der Waals surface area (Å²) in [5, 5.41) is 2.95. The molecule has 1 aliphatic rings. The van der Waals surface area contributed by atoms with Crippen LogP contribution in [-0.2, 0) is 9.53 Å². The van der Waals surface area contributed by atoms with Gasteiger partial charge in [-0.2, -0.15) is 0 Å². The van der Waals surface area contributed by atoms with Gasteiger partial charge in [0.05, 0.1) is 12.6 Å². The van der Waals surface area contributed by atoms with E-state index in [1.165, 1.54) is 0 Å². The van der Waals surface area contributed by atoms with Crippen molar-refractivity contribution in [2.24, 2.45) is 0 Å². The second kappa shape index (κ2) is 6.24. The van der Waals surface area contributed by atoms with Crippen molar-refractivity contribution >= 4 is 17.3 Å². The molecule has 0 aliphatic carbocycles. The number of anilines is 2. The van der Waals surface area contributed by atoms with Gasteiger partial charge in [-0.1, -0.05) is 6.07 Å². The van der Waals surface area contributed by atoms with E-state index in [0.717, 1.165) is 24.3 Å². The average molecular weight is 277 g/mol. The minimum absolute atomic E-state index is 0.0203. The third-order valence-electron chi connectivity index (χ3n) is 3.99. The molecule has 1 aromatic rings. The van der Waals surface area contributed by atoms with Gasteiger partial charge in [-0.05, 0) is 45.0 Å². The van der Waals surface area contributed by atoms with Gasteiger partial charge in [0.2, 0.25) is 5.91 Å². The highest BCUT2D eigenvalue weighted by molar-refractivity contribution is 5.95. The first-order valence-corrected chi connectivity index (χ1v) is 6.95. The fourth-order valence-electron chi connectivity index (χ4n) is 2.36. The molecular weight excluding hydrogens is 254 g/mol. The molecule has 1 heterocycles. The standard InChI is InChI=1S/C15H23N3O2/c1-10-4-5-12(16)8-14(10)17-15(19)11(2)18(3)13-6-7-20-9-13/h4-5,8,11,13H,6-7,9,16H2,1-3H3,(H,17,19). The van der Waals surface area contributed by atoms with Crippen LogP contribution in [-0.4, -0.2) is 43.2 Å². The number of likely N-dealkylation sites (N-methyl/N-ethyl adjacent to an activating group) is 1. The molecule has 5 nitrogen and oxygen atoms in total. The summed E-state index contributed by atoms with van der Waals surface area (Å²) in [6, 6.07) is 5.64. The molecule has 110 valence electrons. The van der Waals surface area contributed by atoms with Crippen LogP contribution in [0.5, 0.6) is 0 Å². The van der Waals surface area contributed by atoms with E-state index >= 15 is 0 Å². The zero-order valence-corrected chi connectivity index (χ0v) is 12.3. The van der Waals surface area contributed by atoms with Crippen molar-refractivity contribution in [1.82, 2.24) is 4.90 Å². The number of rotatable bonds is 4. The Morgan fingerprint density at radius 3 is 2.95 bits per heavy atom. The van der Waals surface area contributed by atoms with Crippen LogP contribution in [0, 0.1) is 6.92 Å². The number of aryl methyl sites for hydroxylation is 1. The molecule has 0 bridgehead atoms. The van der Waals surface area contributed by atoms with E-state index in [1.54, 1.807) is 6.07 Å². The molecule has 1 saturated heterocycles. The third kappa shape index (κ3) is 3.29. The molecule has 1 fully saturated rings. The number of nitrogen functional groups attached to an aromatic ring is 1. The SMILES string of the molecule is Cc1ccc(N)cc1NC(=O)C(C)N(C)C1CCOC1. The van der Waals surface area contributed by atoms with E-state index in [0.29, 0.717) is 18.3 Å². The van der Waals surface area contributed by atoms with Crippen molar-refractivity contribution in [3.63, 3.8) is 0 Å². The Morgan fingerprint density at radius 1 is 1.55 bits per heavy atom. The second-order valence-electron chi connectivity index (χ2n) is 5.42. The van der Waals surface area contributed by atoms with E-state index < -0.39 is 0 Å². The number of hydrogen-bond donors (Lipinski definition) is 2. The van der Waals surface area contributed by atoms with Crippen LogP contribution >= 0.6 is 0 Å². The van der Waals surface area contributed by atoms with Crippen molar-refractivity contribution in [2.45, 2.75) is 32.4 Å². The van der Waals surface area contributed by atoms with Gasteiger partial charge < -0.3 is 15.8 Å². The van der Waals surface area contributed by atoms with Gasteiger partial charge in [0.25, 0.3) is 0 Å². The van der Waals surface area contributed by atoms with Crippen LogP contribution in [0.2, 0.25) is 0 Å². The topological polar surface area (TPSA) is 67.6 Å². The minimum atomic E-state index is -0.206. The van der Waals surface area contributed by atoms with Crippen molar-refractivity contribution in [3.05, 3.63) is 23.8 Å². The Labute approximate surface area is 120 Å². The lowest BCUT2D eigenvalue weighted by atomic mass is 10.1.